The first-order valence-electron chi connectivity index (χ1n) is 9.49. The molecular formula is C21H27N3O2. The highest BCUT2D eigenvalue weighted by Gasteiger charge is 2.40. The fraction of sp³-hybridized carbons (Fsp3) is 0.524. The van der Waals surface area contributed by atoms with Crippen molar-refractivity contribution in [2.24, 2.45) is 5.92 Å². The number of benzene rings is 1. The van der Waals surface area contributed by atoms with Crippen LogP contribution in [0.25, 0.3) is 11.1 Å². The number of aromatic nitrogens is 2. The molecule has 138 valence electrons. The Labute approximate surface area is 155 Å². The smallest absolute Gasteiger partial charge is 0.319 e. The molecule has 1 saturated heterocycles. The van der Waals surface area contributed by atoms with E-state index in [1.54, 1.807) is 20.4 Å². The Morgan fingerprint density at radius 1 is 1.15 bits per heavy atom. The monoisotopic (exact) mass is 353 g/mol. The van der Waals surface area contributed by atoms with Gasteiger partial charge in [-0.25, -0.2) is 4.98 Å². The van der Waals surface area contributed by atoms with Gasteiger partial charge in [-0.2, -0.15) is 4.98 Å². The maximum Gasteiger partial charge on any atom is 0.319 e. The van der Waals surface area contributed by atoms with E-state index in [4.69, 9.17) is 9.47 Å². The molecule has 2 heterocycles. The van der Waals surface area contributed by atoms with Gasteiger partial charge in [0.25, 0.3) is 0 Å². The first kappa shape index (κ1) is 17.3. The predicted molar refractivity (Wildman–Crippen MR) is 102 cm³/mol. The van der Waals surface area contributed by atoms with Crippen molar-refractivity contribution in [1.29, 1.82) is 0 Å². The SMILES string of the molecule is COc1ncc(-c2ccc([C@H]3C[C@@H]3CN3CCC[C@@H]3C)cc2)c(OC)n1. The van der Waals surface area contributed by atoms with Gasteiger partial charge in [0, 0.05) is 18.8 Å². The van der Waals surface area contributed by atoms with Crippen LogP contribution in [0.1, 0.15) is 37.7 Å². The van der Waals surface area contributed by atoms with Crippen LogP contribution in [-0.4, -0.2) is 48.2 Å². The van der Waals surface area contributed by atoms with E-state index in [1.165, 1.54) is 37.9 Å². The van der Waals surface area contributed by atoms with E-state index < -0.39 is 0 Å². The molecule has 1 aliphatic heterocycles. The summed E-state index contributed by atoms with van der Waals surface area (Å²) in [6, 6.07) is 9.88. The minimum atomic E-state index is 0.319. The van der Waals surface area contributed by atoms with Crippen molar-refractivity contribution < 1.29 is 9.47 Å². The summed E-state index contributed by atoms with van der Waals surface area (Å²) in [4.78, 5) is 11.1. The Balaban J connectivity index is 1.45. The van der Waals surface area contributed by atoms with Gasteiger partial charge in [-0.15, -0.1) is 0 Å². The Bertz CT molecular complexity index is 762. The van der Waals surface area contributed by atoms with Crippen molar-refractivity contribution in [3.8, 4) is 23.0 Å². The van der Waals surface area contributed by atoms with E-state index in [0.29, 0.717) is 17.8 Å². The second-order valence-electron chi connectivity index (χ2n) is 7.49. The summed E-state index contributed by atoms with van der Waals surface area (Å²) in [7, 11) is 3.17. The molecule has 5 heteroatoms. The molecule has 0 spiro atoms. The molecule has 1 aromatic heterocycles. The topological polar surface area (TPSA) is 47.5 Å². The third-order valence-electron chi connectivity index (χ3n) is 5.84. The number of hydrogen-bond donors (Lipinski definition) is 0. The number of nitrogens with zero attached hydrogens (tertiary/aromatic N) is 3. The molecule has 0 unspecified atom stereocenters. The number of rotatable bonds is 6. The normalized spacial score (nSPS) is 25.3. The summed E-state index contributed by atoms with van der Waals surface area (Å²) in [6.45, 7) is 4.90. The van der Waals surface area contributed by atoms with Gasteiger partial charge >= 0.3 is 6.01 Å². The van der Waals surface area contributed by atoms with E-state index in [1.807, 2.05) is 0 Å². The minimum absolute atomic E-state index is 0.319. The van der Waals surface area contributed by atoms with Crippen LogP contribution in [-0.2, 0) is 0 Å². The quantitative estimate of drug-likeness (QED) is 0.791. The highest BCUT2D eigenvalue weighted by molar-refractivity contribution is 5.68. The van der Waals surface area contributed by atoms with Gasteiger partial charge in [0.1, 0.15) is 0 Å². The van der Waals surface area contributed by atoms with Gasteiger partial charge in [0.2, 0.25) is 5.88 Å². The van der Waals surface area contributed by atoms with Crippen LogP contribution in [0.4, 0.5) is 0 Å². The lowest BCUT2D eigenvalue weighted by molar-refractivity contribution is 0.256. The van der Waals surface area contributed by atoms with Crippen LogP contribution in [0.15, 0.2) is 30.5 Å². The molecule has 26 heavy (non-hydrogen) atoms. The molecule has 2 aromatic rings. The molecule has 5 nitrogen and oxygen atoms in total. The molecule has 4 rings (SSSR count). The molecule has 0 amide bonds. The highest BCUT2D eigenvalue weighted by Crippen LogP contribution is 2.48. The number of methoxy groups -OCH3 is 2. The molecule has 2 aliphatic rings. The van der Waals surface area contributed by atoms with Crippen molar-refractivity contribution >= 4 is 0 Å². The van der Waals surface area contributed by atoms with Gasteiger partial charge in [0.05, 0.1) is 19.8 Å². The molecule has 0 N–H and O–H groups in total. The van der Waals surface area contributed by atoms with Crippen molar-refractivity contribution in [2.45, 2.75) is 38.1 Å². The highest BCUT2D eigenvalue weighted by atomic mass is 16.5. The van der Waals surface area contributed by atoms with Crippen LogP contribution in [0.3, 0.4) is 0 Å². The van der Waals surface area contributed by atoms with E-state index in [-0.39, 0.29) is 0 Å². The second-order valence-corrected chi connectivity index (χ2v) is 7.49. The van der Waals surface area contributed by atoms with Gasteiger partial charge in [-0.3, -0.25) is 0 Å². The lowest BCUT2D eigenvalue weighted by Crippen LogP contribution is -2.29. The summed E-state index contributed by atoms with van der Waals surface area (Å²) in [6.07, 6.45) is 5.79. The predicted octanol–water partition coefficient (Wildman–Crippen LogP) is 3.75. The van der Waals surface area contributed by atoms with E-state index in [9.17, 15) is 0 Å². The number of hydrogen-bond acceptors (Lipinski definition) is 5. The van der Waals surface area contributed by atoms with Crippen LogP contribution in [0.2, 0.25) is 0 Å². The molecule has 1 aromatic carbocycles. The van der Waals surface area contributed by atoms with Crippen LogP contribution in [0, 0.1) is 5.92 Å². The molecule has 3 atom stereocenters. The fourth-order valence-electron chi connectivity index (χ4n) is 4.14. The van der Waals surface area contributed by atoms with Crippen LogP contribution in [0.5, 0.6) is 11.9 Å². The first-order chi connectivity index (χ1) is 12.7. The van der Waals surface area contributed by atoms with Crippen molar-refractivity contribution in [1.82, 2.24) is 14.9 Å². The van der Waals surface area contributed by atoms with E-state index >= 15 is 0 Å². The van der Waals surface area contributed by atoms with Gasteiger partial charge in [-0.05, 0) is 55.7 Å². The molecule has 1 aliphatic carbocycles. The molecule has 2 fully saturated rings. The Kier molecular flexibility index (Phi) is 4.81. The molecule has 1 saturated carbocycles. The van der Waals surface area contributed by atoms with Gasteiger partial charge in [0.15, 0.2) is 0 Å². The molecule has 0 bridgehead atoms. The summed E-state index contributed by atoms with van der Waals surface area (Å²) in [5.74, 6) is 2.07. The summed E-state index contributed by atoms with van der Waals surface area (Å²) < 4.78 is 10.5. The number of ether oxygens (including phenoxy) is 2. The Hall–Kier alpha value is -2.14. The average molecular weight is 353 g/mol. The summed E-state index contributed by atoms with van der Waals surface area (Å²) in [5, 5.41) is 0. The largest absolute Gasteiger partial charge is 0.480 e. The van der Waals surface area contributed by atoms with Gasteiger partial charge in [-0.1, -0.05) is 24.3 Å². The van der Waals surface area contributed by atoms with Crippen LogP contribution < -0.4 is 9.47 Å². The second kappa shape index (κ2) is 7.23. The van der Waals surface area contributed by atoms with Gasteiger partial charge < -0.3 is 14.4 Å². The third-order valence-corrected chi connectivity index (χ3v) is 5.84. The molecule has 0 radical (unpaired) electrons. The van der Waals surface area contributed by atoms with E-state index in [2.05, 4.69) is 46.1 Å². The zero-order chi connectivity index (χ0) is 18.1. The van der Waals surface area contributed by atoms with Crippen LogP contribution >= 0.6 is 0 Å². The number of likely N-dealkylation sites (tertiary alicyclic amines) is 1. The van der Waals surface area contributed by atoms with Crippen molar-refractivity contribution in [2.75, 3.05) is 27.3 Å². The fourth-order valence-corrected chi connectivity index (χ4v) is 4.14. The summed E-state index contributed by atoms with van der Waals surface area (Å²) in [5.41, 5.74) is 3.40. The van der Waals surface area contributed by atoms with Crippen molar-refractivity contribution in [3.63, 3.8) is 0 Å². The third kappa shape index (κ3) is 3.40. The Morgan fingerprint density at radius 2 is 1.96 bits per heavy atom. The summed E-state index contributed by atoms with van der Waals surface area (Å²) >= 11 is 0. The van der Waals surface area contributed by atoms with E-state index in [0.717, 1.165) is 23.1 Å². The zero-order valence-corrected chi connectivity index (χ0v) is 15.8. The molecular weight excluding hydrogens is 326 g/mol. The lowest BCUT2D eigenvalue weighted by Gasteiger charge is -2.20. The standard InChI is InChI=1S/C21H27N3O2/c1-14-5-4-10-24(14)13-17-11-18(17)15-6-8-16(9-7-15)19-12-22-21(26-3)23-20(19)25-2/h6-9,12,14,17-18H,4-5,10-11,13H2,1-3H3/t14-,17+,18+/m0/s1. The zero-order valence-electron chi connectivity index (χ0n) is 15.8. The first-order valence-corrected chi connectivity index (χ1v) is 9.49. The average Bonchev–Trinajstić information content (AvgIpc) is 3.34. The Morgan fingerprint density at radius 3 is 2.62 bits per heavy atom. The van der Waals surface area contributed by atoms with Crippen molar-refractivity contribution in [3.05, 3.63) is 36.0 Å². The minimum Gasteiger partial charge on any atom is -0.480 e. The maximum atomic E-state index is 5.40. The lowest BCUT2D eigenvalue weighted by atomic mass is 10.0. The maximum absolute atomic E-state index is 5.40.